The number of alkyl halides is 1. The van der Waals surface area contributed by atoms with Gasteiger partial charge in [0, 0.05) is 0 Å². The average molecular weight is 162 g/mol. The molecule has 0 saturated heterocycles. The van der Waals surface area contributed by atoms with Gasteiger partial charge >= 0.3 is 0 Å². The highest BCUT2D eigenvalue weighted by atomic mass is 19.1. The number of aliphatic hydroxyl groups excluding tert-OH is 1. The molecule has 1 N–H and O–H groups in total. The third kappa shape index (κ3) is 4.09. The Morgan fingerprint density at radius 3 is 2.27 bits per heavy atom. The Labute approximate surface area is 66.4 Å². The number of halogens is 1. The predicted molar refractivity (Wildman–Crippen MR) is 41.0 cm³/mol. The van der Waals surface area contributed by atoms with Crippen molar-refractivity contribution in [2.75, 3.05) is 0 Å². The zero-order valence-electron chi connectivity index (χ0n) is 7.17. The summed E-state index contributed by atoms with van der Waals surface area (Å²) < 4.78 is 12.7. The second-order valence-electron chi connectivity index (χ2n) is 3.21. The Balaban J connectivity index is 3.82. The Morgan fingerprint density at radius 1 is 1.55 bits per heavy atom. The molecular formula is C8H15FO2. The van der Waals surface area contributed by atoms with Crippen molar-refractivity contribution in [2.24, 2.45) is 5.92 Å². The van der Waals surface area contributed by atoms with Crippen LogP contribution in [0, 0.1) is 5.92 Å². The molecule has 0 amide bonds. The number of carbonyl (C=O) groups excluding carboxylic acids is 1. The number of aliphatic hydroxyl groups is 1. The smallest absolute Gasteiger partial charge is 0.183 e. The second-order valence-corrected chi connectivity index (χ2v) is 3.21. The fourth-order valence-electron chi connectivity index (χ4n) is 0.873. The summed E-state index contributed by atoms with van der Waals surface area (Å²) in [6.45, 7) is 4.89. The minimum Gasteiger partial charge on any atom is -0.390 e. The number of hydrogen-bond acceptors (Lipinski definition) is 2. The van der Waals surface area contributed by atoms with Crippen molar-refractivity contribution in [1.82, 2.24) is 0 Å². The molecule has 2 nitrogen and oxygen atoms in total. The highest BCUT2D eigenvalue weighted by Crippen LogP contribution is 2.10. The van der Waals surface area contributed by atoms with E-state index in [9.17, 15) is 9.18 Å². The van der Waals surface area contributed by atoms with Gasteiger partial charge in [0.2, 0.25) is 0 Å². The molecule has 0 heterocycles. The lowest BCUT2D eigenvalue weighted by Gasteiger charge is -2.14. The van der Waals surface area contributed by atoms with E-state index < -0.39 is 18.1 Å². The fourth-order valence-corrected chi connectivity index (χ4v) is 0.873. The van der Waals surface area contributed by atoms with Gasteiger partial charge in [0.1, 0.15) is 0 Å². The number of rotatable bonds is 4. The minimum atomic E-state index is -1.71. The molecule has 0 aliphatic carbocycles. The van der Waals surface area contributed by atoms with Gasteiger partial charge in [-0.3, -0.25) is 4.79 Å². The first-order chi connectivity index (χ1) is 4.95. The molecule has 0 saturated carbocycles. The van der Waals surface area contributed by atoms with Crippen LogP contribution >= 0.6 is 0 Å². The quantitative estimate of drug-likeness (QED) is 0.677. The lowest BCUT2D eigenvalue weighted by atomic mass is 10.0. The Hall–Kier alpha value is -0.440. The number of Topliss-reactive ketones (excluding diaryl/α,β-unsaturated/α-hetero) is 1. The van der Waals surface area contributed by atoms with Crippen molar-refractivity contribution >= 4 is 5.78 Å². The maximum Gasteiger partial charge on any atom is 0.183 e. The molecule has 0 bridgehead atoms. The van der Waals surface area contributed by atoms with Crippen LogP contribution in [-0.4, -0.2) is 23.2 Å². The van der Waals surface area contributed by atoms with Crippen LogP contribution < -0.4 is 0 Å². The molecule has 0 unspecified atom stereocenters. The summed E-state index contributed by atoms with van der Waals surface area (Å²) >= 11 is 0. The molecule has 2 atom stereocenters. The maximum atomic E-state index is 12.7. The third-order valence-corrected chi connectivity index (χ3v) is 1.44. The highest BCUT2D eigenvalue weighted by Gasteiger charge is 2.23. The summed E-state index contributed by atoms with van der Waals surface area (Å²) in [7, 11) is 0. The monoisotopic (exact) mass is 162 g/mol. The SMILES string of the molecule is CC(=O)[C@@H](F)[C@@H](O)CC(C)C. The molecule has 0 spiro atoms. The maximum absolute atomic E-state index is 12.7. The van der Waals surface area contributed by atoms with E-state index in [1.165, 1.54) is 0 Å². The molecule has 0 aromatic rings. The first-order valence-electron chi connectivity index (χ1n) is 3.77. The number of ketones is 1. The largest absolute Gasteiger partial charge is 0.390 e. The van der Waals surface area contributed by atoms with Crippen molar-refractivity contribution in [3.63, 3.8) is 0 Å². The summed E-state index contributed by atoms with van der Waals surface area (Å²) in [4.78, 5) is 10.4. The van der Waals surface area contributed by atoms with Crippen molar-refractivity contribution in [1.29, 1.82) is 0 Å². The van der Waals surface area contributed by atoms with Crippen LogP contribution in [0.25, 0.3) is 0 Å². The summed E-state index contributed by atoms with van der Waals surface area (Å²) in [6.07, 6.45) is -2.51. The minimum absolute atomic E-state index is 0.211. The molecular weight excluding hydrogens is 147 g/mol. The van der Waals surface area contributed by atoms with Crippen molar-refractivity contribution in [3.8, 4) is 0 Å². The lowest BCUT2D eigenvalue weighted by molar-refractivity contribution is -0.125. The summed E-state index contributed by atoms with van der Waals surface area (Å²) in [5.41, 5.74) is 0. The second kappa shape index (κ2) is 4.44. The normalized spacial score (nSPS) is 16.5. The van der Waals surface area contributed by atoms with Crippen LogP contribution in [0.5, 0.6) is 0 Å². The first-order valence-corrected chi connectivity index (χ1v) is 3.77. The van der Waals surface area contributed by atoms with Crippen LogP contribution in [0.4, 0.5) is 4.39 Å². The van der Waals surface area contributed by atoms with E-state index in [-0.39, 0.29) is 5.92 Å². The zero-order chi connectivity index (χ0) is 9.02. The topological polar surface area (TPSA) is 37.3 Å². The Morgan fingerprint density at radius 2 is 2.00 bits per heavy atom. The van der Waals surface area contributed by atoms with E-state index in [4.69, 9.17) is 5.11 Å². The predicted octanol–water partition coefficient (Wildman–Crippen LogP) is 1.32. The molecule has 0 radical (unpaired) electrons. The Kier molecular flexibility index (Phi) is 4.26. The van der Waals surface area contributed by atoms with Crippen LogP contribution in [-0.2, 0) is 4.79 Å². The van der Waals surface area contributed by atoms with E-state index in [0.717, 1.165) is 6.92 Å². The third-order valence-electron chi connectivity index (χ3n) is 1.44. The molecule has 0 aliphatic rings. The average Bonchev–Trinajstić information content (AvgIpc) is 1.84. The molecule has 0 aromatic heterocycles. The molecule has 0 aromatic carbocycles. The van der Waals surface area contributed by atoms with E-state index in [0.29, 0.717) is 6.42 Å². The highest BCUT2D eigenvalue weighted by molar-refractivity contribution is 5.80. The van der Waals surface area contributed by atoms with Gasteiger partial charge in [-0.1, -0.05) is 13.8 Å². The van der Waals surface area contributed by atoms with Crippen molar-refractivity contribution in [2.45, 2.75) is 39.5 Å². The van der Waals surface area contributed by atoms with Gasteiger partial charge < -0.3 is 5.11 Å². The van der Waals surface area contributed by atoms with E-state index in [1.54, 1.807) is 0 Å². The summed E-state index contributed by atoms with van der Waals surface area (Å²) in [5, 5.41) is 9.06. The van der Waals surface area contributed by atoms with E-state index >= 15 is 0 Å². The van der Waals surface area contributed by atoms with Crippen molar-refractivity contribution in [3.05, 3.63) is 0 Å². The van der Waals surface area contributed by atoms with Gasteiger partial charge in [-0.05, 0) is 19.3 Å². The molecule has 11 heavy (non-hydrogen) atoms. The van der Waals surface area contributed by atoms with Crippen LogP contribution in [0.3, 0.4) is 0 Å². The van der Waals surface area contributed by atoms with Gasteiger partial charge in [0.15, 0.2) is 12.0 Å². The van der Waals surface area contributed by atoms with Crippen molar-refractivity contribution < 1.29 is 14.3 Å². The van der Waals surface area contributed by atoms with Gasteiger partial charge in [0.25, 0.3) is 0 Å². The van der Waals surface area contributed by atoms with Crippen LogP contribution in [0.2, 0.25) is 0 Å². The van der Waals surface area contributed by atoms with Gasteiger partial charge in [-0.15, -0.1) is 0 Å². The molecule has 0 rings (SSSR count). The molecule has 66 valence electrons. The fraction of sp³-hybridized carbons (Fsp3) is 0.875. The summed E-state index contributed by atoms with van der Waals surface area (Å²) in [6, 6.07) is 0. The Bertz CT molecular complexity index is 134. The van der Waals surface area contributed by atoms with Gasteiger partial charge in [0.05, 0.1) is 6.10 Å². The molecule has 0 aliphatic heterocycles. The lowest BCUT2D eigenvalue weighted by Crippen LogP contribution is -2.29. The molecule has 3 heteroatoms. The van der Waals surface area contributed by atoms with Gasteiger partial charge in [-0.25, -0.2) is 4.39 Å². The standard InChI is InChI=1S/C8H15FO2/c1-5(2)4-7(11)8(9)6(3)10/h5,7-8,11H,4H2,1-3H3/t7-,8+/m0/s1. The number of hydrogen-bond donors (Lipinski definition) is 1. The van der Waals surface area contributed by atoms with Gasteiger partial charge in [-0.2, -0.15) is 0 Å². The first kappa shape index (κ1) is 10.6. The van der Waals surface area contributed by atoms with E-state index in [2.05, 4.69) is 0 Å². The number of carbonyl (C=O) groups is 1. The zero-order valence-corrected chi connectivity index (χ0v) is 7.17. The molecule has 0 fully saturated rings. The van der Waals surface area contributed by atoms with Crippen LogP contribution in [0.15, 0.2) is 0 Å². The summed E-state index contributed by atoms with van der Waals surface area (Å²) in [5.74, 6) is -0.388. The van der Waals surface area contributed by atoms with E-state index in [1.807, 2.05) is 13.8 Å². The van der Waals surface area contributed by atoms with Crippen LogP contribution in [0.1, 0.15) is 27.2 Å².